The number of fused-ring (bicyclic) bond motifs is 1. The van der Waals surface area contributed by atoms with Gasteiger partial charge in [-0.1, -0.05) is 12.8 Å². The first-order valence-electron chi connectivity index (χ1n) is 8.97. The molecule has 146 valence electrons. The maximum absolute atomic E-state index is 13.5. The van der Waals surface area contributed by atoms with E-state index in [2.05, 4.69) is 15.6 Å². The number of imidazole rings is 1. The highest BCUT2D eigenvalue weighted by Crippen LogP contribution is 2.44. The van der Waals surface area contributed by atoms with Crippen molar-refractivity contribution in [3.63, 3.8) is 0 Å². The Bertz CT molecular complexity index is 663. The van der Waals surface area contributed by atoms with Crippen molar-refractivity contribution in [2.75, 3.05) is 19.6 Å². The summed E-state index contributed by atoms with van der Waals surface area (Å²) in [5.41, 5.74) is -3.63. The third-order valence-corrected chi connectivity index (χ3v) is 5.92. The molecule has 0 aromatic carbocycles. The first kappa shape index (κ1) is 19.2. The minimum atomic E-state index is -4.89. The van der Waals surface area contributed by atoms with E-state index in [1.54, 1.807) is 0 Å². The molecular formula is C17H25F3N4O2. The third-order valence-electron chi connectivity index (χ3n) is 5.92. The van der Waals surface area contributed by atoms with Gasteiger partial charge in [0.05, 0.1) is 5.41 Å². The molecule has 0 spiro atoms. The molecule has 3 atom stereocenters. The monoisotopic (exact) mass is 374 g/mol. The molecule has 1 aliphatic heterocycles. The molecule has 3 N–H and O–H groups in total. The number of rotatable bonds is 5. The lowest BCUT2D eigenvalue weighted by Crippen LogP contribution is -2.50. The largest absolute Gasteiger partial charge is 0.424 e. The van der Waals surface area contributed by atoms with Crippen LogP contribution in [0.5, 0.6) is 0 Å². The summed E-state index contributed by atoms with van der Waals surface area (Å²) in [6.07, 6.45) is 0.721. The van der Waals surface area contributed by atoms with Gasteiger partial charge >= 0.3 is 6.18 Å². The van der Waals surface area contributed by atoms with Crippen LogP contribution >= 0.6 is 0 Å². The van der Waals surface area contributed by atoms with Gasteiger partial charge in [-0.3, -0.25) is 4.79 Å². The number of hydrogen-bond donors (Lipinski definition) is 3. The maximum Gasteiger partial charge on any atom is 0.424 e. The van der Waals surface area contributed by atoms with E-state index in [4.69, 9.17) is 0 Å². The average Bonchev–Trinajstić information content (AvgIpc) is 3.20. The zero-order chi connectivity index (χ0) is 19.0. The Morgan fingerprint density at radius 3 is 2.92 bits per heavy atom. The molecule has 2 heterocycles. The second kappa shape index (κ2) is 6.84. The summed E-state index contributed by atoms with van der Waals surface area (Å²) in [5, 5.41) is 16.2. The van der Waals surface area contributed by atoms with Crippen LogP contribution in [-0.4, -0.2) is 46.4 Å². The molecule has 1 saturated carbocycles. The van der Waals surface area contributed by atoms with Gasteiger partial charge in [-0.15, -0.1) is 0 Å². The lowest BCUT2D eigenvalue weighted by Gasteiger charge is -2.37. The molecule has 1 aromatic heterocycles. The number of aliphatic hydroxyl groups is 1. The quantitative estimate of drug-likeness (QED) is 0.729. The molecule has 1 saturated heterocycles. The molecule has 9 heteroatoms. The maximum atomic E-state index is 13.5. The molecule has 2 fully saturated rings. The second-order valence-corrected chi connectivity index (χ2v) is 7.46. The van der Waals surface area contributed by atoms with Crippen LogP contribution in [0.4, 0.5) is 13.2 Å². The van der Waals surface area contributed by atoms with Crippen LogP contribution in [0.25, 0.3) is 0 Å². The van der Waals surface area contributed by atoms with Crippen molar-refractivity contribution in [3.05, 3.63) is 18.2 Å². The summed E-state index contributed by atoms with van der Waals surface area (Å²) in [5.74, 6) is -0.459. The van der Waals surface area contributed by atoms with E-state index in [1.807, 2.05) is 0 Å². The highest BCUT2D eigenvalue weighted by molar-refractivity contribution is 5.83. The Hall–Kier alpha value is -1.61. The molecule has 6 nitrogen and oxygen atoms in total. The fraction of sp³-hybridized carbons (Fsp3) is 0.765. The van der Waals surface area contributed by atoms with E-state index < -0.39 is 29.4 Å². The molecule has 1 aromatic rings. The molecule has 0 radical (unpaired) electrons. The van der Waals surface area contributed by atoms with E-state index in [0.717, 1.165) is 36.8 Å². The van der Waals surface area contributed by atoms with Crippen molar-refractivity contribution in [1.29, 1.82) is 0 Å². The van der Waals surface area contributed by atoms with Crippen LogP contribution in [0.15, 0.2) is 12.4 Å². The average molecular weight is 374 g/mol. The molecule has 1 amide bonds. The molecule has 2 aliphatic rings. The normalized spacial score (nSPS) is 28.4. The van der Waals surface area contributed by atoms with Gasteiger partial charge in [0.25, 0.3) is 0 Å². The second-order valence-electron chi connectivity index (χ2n) is 7.46. The fourth-order valence-electron chi connectivity index (χ4n) is 4.37. The van der Waals surface area contributed by atoms with Gasteiger partial charge in [-0.25, -0.2) is 4.98 Å². The van der Waals surface area contributed by atoms with E-state index in [-0.39, 0.29) is 18.4 Å². The molecule has 26 heavy (non-hydrogen) atoms. The molecule has 1 aliphatic carbocycles. The number of nitrogens with one attached hydrogen (secondary N) is 2. The molecule has 1 unspecified atom stereocenters. The van der Waals surface area contributed by atoms with Gasteiger partial charge in [-0.05, 0) is 25.3 Å². The summed E-state index contributed by atoms with van der Waals surface area (Å²) in [4.78, 5) is 16.4. The van der Waals surface area contributed by atoms with E-state index >= 15 is 0 Å². The summed E-state index contributed by atoms with van der Waals surface area (Å²) in [7, 11) is 1.40. The molecule has 0 bridgehead atoms. The van der Waals surface area contributed by atoms with Gasteiger partial charge in [0.15, 0.2) is 0 Å². The Morgan fingerprint density at radius 1 is 1.50 bits per heavy atom. The molecule has 3 rings (SSSR count). The van der Waals surface area contributed by atoms with Crippen LogP contribution in [-0.2, 0) is 17.4 Å². The fourth-order valence-corrected chi connectivity index (χ4v) is 4.37. The minimum absolute atomic E-state index is 0.212. The highest BCUT2D eigenvalue weighted by atomic mass is 19.4. The predicted molar refractivity (Wildman–Crippen MR) is 88.0 cm³/mol. The topological polar surface area (TPSA) is 79.2 Å². The van der Waals surface area contributed by atoms with E-state index in [1.165, 1.54) is 19.4 Å². The number of aryl methyl sites for hydroxylation is 1. The van der Waals surface area contributed by atoms with Crippen LogP contribution in [0.3, 0.4) is 0 Å². The van der Waals surface area contributed by atoms with Crippen LogP contribution < -0.4 is 10.6 Å². The number of nitrogens with zero attached hydrogens (tertiary/aromatic N) is 2. The Labute approximate surface area is 150 Å². The van der Waals surface area contributed by atoms with E-state index in [0.29, 0.717) is 6.54 Å². The number of aromatic nitrogens is 2. The summed E-state index contributed by atoms with van der Waals surface area (Å²) >= 11 is 0. The van der Waals surface area contributed by atoms with Crippen molar-refractivity contribution in [3.8, 4) is 0 Å². The number of amides is 1. The van der Waals surface area contributed by atoms with Crippen LogP contribution in [0.2, 0.25) is 0 Å². The summed E-state index contributed by atoms with van der Waals surface area (Å²) in [6, 6.07) is 0. The Kier molecular flexibility index (Phi) is 5.04. The Morgan fingerprint density at radius 2 is 2.27 bits per heavy atom. The Balaban J connectivity index is 1.69. The predicted octanol–water partition coefficient (Wildman–Crippen LogP) is 1.46. The van der Waals surface area contributed by atoms with Gasteiger partial charge in [0.1, 0.15) is 5.82 Å². The molecular weight excluding hydrogens is 349 g/mol. The minimum Gasteiger partial charge on any atom is -0.374 e. The number of carbonyl (C=O) groups is 1. The van der Waals surface area contributed by atoms with Gasteiger partial charge < -0.3 is 20.3 Å². The number of carbonyl (C=O) groups excluding carboxylic acids is 1. The smallest absolute Gasteiger partial charge is 0.374 e. The van der Waals surface area contributed by atoms with Gasteiger partial charge in [-0.2, -0.15) is 13.2 Å². The standard InChI is InChI=1S/C17H25F3N4O2/c1-24-9-8-22-13(24)16(26,17(18,19)20)6-7-23-14(25)15-5-3-2-4-12(15)10-21-11-15/h8-9,12,21,26H,2-7,10-11H2,1H3,(H,23,25)/t12-,15+,16?/m0/s1. The van der Waals surface area contributed by atoms with Crippen molar-refractivity contribution in [2.45, 2.75) is 43.9 Å². The SMILES string of the molecule is Cn1ccnc1C(O)(CCNC(=O)[C@@]12CCCC[C@H]1CNC2)C(F)(F)F. The van der Waals surface area contributed by atoms with Crippen molar-refractivity contribution in [1.82, 2.24) is 20.2 Å². The number of alkyl halides is 3. The van der Waals surface area contributed by atoms with Gasteiger partial charge in [0, 0.05) is 39.0 Å². The van der Waals surface area contributed by atoms with Crippen molar-refractivity contribution < 1.29 is 23.1 Å². The highest BCUT2D eigenvalue weighted by Gasteiger charge is 2.57. The van der Waals surface area contributed by atoms with Crippen LogP contribution in [0.1, 0.15) is 37.9 Å². The van der Waals surface area contributed by atoms with Crippen LogP contribution in [0, 0.1) is 11.3 Å². The third kappa shape index (κ3) is 3.11. The first-order chi connectivity index (χ1) is 12.2. The number of hydrogen-bond acceptors (Lipinski definition) is 4. The lowest BCUT2D eigenvalue weighted by molar-refractivity contribution is -0.272. The zero-order valence-corrected chi connectivity index (χ0v) is 14.8. The lowest BCUT2D eigenvalue weighted by atomic mass is 9.67. The van der Waals surface area contributed by atoms with Crippen molar-refractivity contribution >= 4 is 5.91 Å². The summed E-state index contributed by atoms with van der Waals surface area (Å²) < 4.78 is 41.7. The van der Waals surface area contributed by atoms with Crippen molar-refractivity contribution in [2.24, 2.45) is 18.4 Å². The first-order valence-corrected chi connectivity index (χ1v) is 8.97. The summed E-state index contributed by atoms with van der Waals surface area (Å²) in [6.45, 7) is 1.07. The van der Waals surface area contributed by atoms with E-state index in [9.17, 15) is 23.1 Å². The van der Waals surface area contributed by atoms with Gasteiger partial charge in [0.2, 0.25) is 11.5 Å². The zero-order valence-electron chi connectivity index (χ0n) is 14.8. The number of halogens is 3.